The van der Waals surface area contributed by atoms with Gasteiger partial charge in [0, 0.05) is 0 Å². The highest BCUT2D eigenvalue weighted by Gasteiger charge is 2.25. The van der Waals surface area contributed by atoms with Crippen molar-refractivity contribution in [3.05, 3.63) is 0 Å². The molecule has 0 heterocycles. The molecule has 25 heavy (non-hydrogen) atoms. The molecular formula is C24H52P. The van der Waals surface area contributed by atoms with Crippen molar-refractivity contribution in [1.82, 2.24) is 0 Å². The van der Waals surface area contributed by atoms with Gasteiger partial charge in [-0.3, -0.25) is 0 Å². The summed E-state index contributed by atoms with van der Waals surface area (Å²) in [5.41, 5.74) is 0. The first-order valence-electron chi connectivity index (χ1n) is 12.1. The molecule has 0 amide bonds. The smallest absolute Gasteiger partial charge is 0.0359 e. The van der Waals surface area contributed by atoms with Crippen LogP contribution in [0.2, 0.25) is 0 Å². The van der Waals surface area contributed by atoms with E-state index in [9.17, 15) is 0 Å². The lowest BCUT2D eigenvalue weighted by molar-refractivity contribution is 0.673. The average molecular weight is 372 g/mol. The molecule has 0 N–H and O–H groups in total. The lowest BCUT2D eigenvalue weighted by Gasteiger charge is -2.38. The molecule has 0 aliphatic carbocycles. The van der Waals surface area contributed by atoms with Crippen molar-refractivity contribution in [2.75, 3.05) is 24.6 Å². The van der Waals surface area contributed by atoms with E-state index in [-0.39, 0.29) is 0 Å². The van der Waals surface area contributed by atoms with Crippen molar-refractivity contribution in [3.8, 4) is 0 Å². The molecule has 0 saturated carbocycles. The van der Waals surface area contributed by atoms with Crippen molar-refractivity contribution in [1.29, 1.82) is 0 Å². The summed E-state index contributed by atoms with van der Waals surface area (Å²) >= 11 is 0. The van der Waals surface area contributed by atoms with Gasteiger partial charge < -0.3 is 0 Å². The minimum absolute atomic E-state index is 0.657. The highest BCUT2D eigenvalue weighted by atomic mass is 31.2. The fourth-order valence-electron chi connectivity index (χ4n) is 4.17. The molecule has 0 nitrogen and oxygen atoms in total. The molecule has 0 aliphatic rings. The SMILES string of the molecule is CCCCCC[P](CCCCCC)(CCCCCC)CCCCCC. The third-order valence-electron chi connectivity index (χ3n) is 5.94. The van der Waals surface area contributed by atoms with Crippen LogP contribution in [0.3, 0.4) is 0 Å². The molecule has 1 radical (unpaired) electrons. The van der Waals surface area contributed by atoms with Gasteiger partial charge in [-0.05, 0) is 50.3 Å². The highest BCUT2D eigenvalue weighted by molar-refractivity contribution is 7.75. The van der Waals surface area contributed by atoms with Crippen LogP contribution in [-0.2, 0) is 0 Å². The summed E-state index contributed by atoms with van der Waals surface area (Å²) in [6.07, 6.45) is 30.1. The van der Waals surface area contributed by atoms with Crippen LogP contribution in [0.25, 0.3) is 0 Å². The maximum absolute atomic E-state index is 2.35. The van der Waals surface area contributed by atoms with Crippen LogP contribution in [0.1, 0.15) is 130 Å². The van der Waals surface area contributed by atoms with Crippen molar-refractivity contribution < 1.29 is 0 Å². The largest absolute Gasteiger partial charge is 0.125 e. The molecular weight excluding hydrogens is 319 g/mol. The molecule has 153 valence electrons. The molecule has 0 aromatic carbocycles. The fraction of sp³-hybridized carbons (Fsp3) is 1.00. The zero-order valence-corrected chi connectivity index (χ0v) is 19.5. The van der Waals surface area contributed by atoms with Gasteiger partial charge in [-0.15, -0.1) is 7.26 Å². The molecule has 0 unspecified atom stereocenters. The van der Waals surface area contributed by atoms with Crippen LogP contribution >= 0.6 is 7.26 Å². The predicted molar refractivity (Wildman–Crippen MR) is 123 cm³/mol. The minimum atomic E-state index is -0.657. The molecule has 0 rings (SSSR count). The molecule has 1 heteroatoms. The van der Waals surface area contributed by atoms with Crippen molar-refractivity contribution in [2.24, 2.45) is 0 Å². The molecule has 0 bridgehead atoms. The predicted octanol–water partition coefficient (Wildman–Crippen LogP) is 9.33. The maximum Gasteiger partial charge on any atom is -0.0359 e. The van der Waals surface area contributed by atoms with Crippen LogP contribution in [0, 0.1) is 0 Å². The summed E-state index contributed by atoms with van der Waals surface area (Å²) in [5, 5.41) is 0. The first-order chi connectivity index (χ1) is 12.2. The molecule has 0 aromatic rings. The standard InChI is InChI=1S/C24H52P/c1-5-9-13-17-21-25(22-18-14-10-6-2,23-19-15-11-7-3)24-20-16-12-8-4/h5-24H2,1-4H3. The summed E-state index contributed by atoms with van der Waals surface area (Å²) in [4.78, 5) is 0. The van der Waals surface area contributed by atoms with E-state index in [0.29, 0.717) is 0 Å². The van der Waals surface area contributed by atoms with Gasteiger partial charge in [-0.1, -0.05) is 105 Å². The van der Waals surface area contributed by atoms with E-state index in [1.165, 1.54) is 103 Å². The Morgan fingerprint density at radius 3 is 0.760 bits per heavy atom. The van der Waals surface area contributed by atoms with E-state index in [4.69, 9.17) is 0 Å². The van der Waals surface area contributed by atoms with Crippen LogP contribution in [-0.4, -0.2) is 24.6 Å². The zero-order chi connectivity index (χ0) is 18.6. The second-order valence-corrected chi connectivity index (χ2v) is 13.0. The maximum atomic E-state index is 2.35. The summed E-state index contributed by atoms with van der Waals surface area (Å²) < 4.78 is 0. The van der Waals surface area contributed by atoms with Crippen molar-refractivity contribution >= 4 is 7.26 Å². The third kappa shape index (κ3) is 15.2. The number of rotatable bonds is 20. The Morgan fingerprint density at radius 1 is 0.320 bits per heavy atom. The quantitative estimate of drug-likeness (QED) is 0.148. The highest BCUT2D eigenvalue weighted by Crippen LogP contribution is 2.61. The zero-order valence-electron chi connectivity index (χ0n) is 18.6. The Hall–Kier alpha value is 0.430. The molecule has 0 fully saturated rings. The second-order valence-electron chi connectivity index (χ2n) is 8.48. The van der Waals surface area contributed by atoms with Crippen LogP contribution in [0.15, 0.2) is 0 Å². The Bertz CT molecular complexity index is 195. The van der Waals surface area contributed by atoms with E-state index >= 15 is 0 Å². The van der Waals surface area contributed by atoms with E-state index in [1.54, 1.807) is 24.6 Å². The fourth-order valence-corrected chi connectivity index (χ4v) is 9.09. The van der Waals surface area contributed by atoms with Gasteiger partial charge in [0.05, 0.1) is 0 Å². The summed E-state index contributed by atoms with van der Waals surface area (Å²) in [6.45, 7) is 9.40. The lowest BCUT2D eigenvalue weighted by Crippen LogP contribution is -2.13. The molecule has 0 saturated heterocycles. The first kappa shape index (κ1) is 25.4. The van der Waals surface area contributed by atoms with Crippen LogP contribution < -0.4 is 0 Å². The summed E-state index contributed by atoms with van der Waals surface area (Å²) in [7, 11) is -0.657. The second kappa shape index (κ2) is 19.2. The van der Waals surface area contributed by atoms with E-state index in [1.807, 2.05) is 0 Å². The van der Waals surface area contributed by atoms with E-state index in [0.717, 1.165) is 0 Å². The van der Waals surface area contributed by atoms with Gasteiger partial charge in [0.25, 0.3) is 0 Å². The lowest BCUT2D eigenvalue weighted by atomic mass is 10.2. The Balaban J connectivity index is 4.62. The van der Waals surface area contributed by atoms with Gasteiger partial charge in [-0.25, -0.2) is 0 Å². The Kier molecular flexibility index (Phi) is 19.5. The average Bonchev–Trinajstić information content (AvgIpc) is 2.63. The van der Waals surface area contributed by atoms with Gasteiger partial charge in [0.2, 0.25) is 0 Å². The Morgan fingerprint density at radius 2 is 0.560 bits per heavy atom. The topological polar surface area (TPSA) is 0 Å². The summed E-state index contributed by atoms with van der Waals surface area (Å²) in [6, 6.07) is 0. The molecule has 0 spiro atoms. The molecule has 0 atom stereocenters. The van der Waals surface area contributed by atoms with Crippen molar-refractivity contribution in [3.63, 3.8) is 0 Å². The normalized spacial score (nSPS) is 12.0. The number of unbranched alkanes of at least 4 members (excludes halogenated alkanes) is 12. The van der Waals surface area contributed by atoms with Gasteiger partial charge in [-0.2, -0.15) is 0 Å². The van der Waals surface area contributed by atoms with Gasteiger partial charge in [0.1, 0.15) is 0 Å². The summed E-state index contributed by atoms with van der Waals surface area (Å²) in [5.74, 6) is 0. The first-order valence-corrected chi connectivity index (χ1v) is 14.6. The van der Waals surface area contributed by atoms with E-state index < -0.39 is 7.26 Å². The molecule has 0 aromatic heterocycles. The minimum Gasteiger partial charge on any atom is -0.125 e. The Labute approximate surface area is 162 Å². The number of hydrogen-bond donors (Lipinski definition) is 0. The van der Waals surface area contributed by atoms with E-state index in [2.05, 4.69) is 27.7 Å². The third-order valence-corrected chi connectivity index (χ3v) is 11.0. The van der Waals surface area contributed by atoms with Crippen molar-refractivity contribution in [2.45, 2.75) is 130 Å². The number of hydrogen-bond acceptors (Lipinski definition) is 0. The van der Waals surface area contributed by atoms with Gasteiger partial charge >= 0.3 is 0 Å². The van der Waals surface area contributed by atoms with Crippen LogP contribution in [0.5, 0.6) is 0 Å². The van der Waals surface area contributed by atoms with Crippen LogP contribution in [0.4, 0.5) is 0 Å². The van der Waals surface area contributed by atoms with Gasteiger partial charge in [0.15, 0.2) is 0 Å². The monoisotopic (exact) mass is 371 g/mol. The molecule has 0 aliphatic heterocycles.